The molecule has 0 saturated carbocycles. The Balaban J connectivity index is 2.02. The Kier molecular flexibility index (Phi) is 10.3. The van der Waals surface area contributed by atoms with E-state index in [1.54, 1.807) is 42.5 Å². The first kappa shape index (κ1) is 29.2. The summed E-state index contributed by atoms with van der Waals surface area (Å²) in [5, 5.41) is 3.41. The molecule has 0 aliphatic rings. The minimum absolute atomic E-state index is 0.0546. The third kappa shape index (κ3) is 7.36. The van der Waals surface area contributed by atoms with Gasteiger partial charge in [-0.25, -0.2) is 8.42 Å². The van der Waals surface area contributed by atoms with E-state index in [1.165, 1.54) is 17.0 Å². The van der Waals surface area contributed by atoms with Gasteiger partial charge < -0.3 is 10.2 Å². The van der Waals surface area contributed by atoms with Gasteiger partial charge in [0.05, 0.1) is 10.6 Å². The smallest absolute Gasteiger partial charge is 0.264 e. The van der Waals surface area contributed by atoms with Crippen molar-refractivity contribution in [2.24, 2.45) is 0 Å². The van der Waals surface area contributed by atoms with Crippen molar-refractivity contribution >= 4 is 39.1 Å². The van der Waals surface area contributed by atoms with Gasteiger partial charge in [0.1, 0.15) is 12.6 Å². The van der Waals surface area contributed by atoms with Crippen LogP contribution in [0.3, 0.4) is 0 Å². The van der Waals surface area contributed by atoms with E-state index in [1.807, 2.05) is 51.1 Å². The minimum atomic E-state index is -4.10. The van der Waals surface area contributed by atoms with E-state index in [2.05, 4.69) is 5.32 Å². The van der Waals surface area contributed by atoms with Crippen LogP contribution in [0.4, 0.5) is 5.69 Å². The van der Waals surface area contributed by atoms with E-state index in [0.717, 1.165) is 16.3 Å². The van der Waals surface area contributed by atoms with Crippen LogP contribution in [0.15, 0.2) is 89.8 Å². The molecule has 0 radical (unpaired) electrons. The first-order chi connectivity index (χ1) is 18.2. The van der Waals surface area contributed by atoms with E-state index in [4.69, 9.17) is 11.6 Å². The molecule has 7 nitrogen and oxygen atoms in total. The lowest BCUT2D eigenvalue weighted by Crippen LogP contribution is -2.53. The predicted octanol–water partition coefficient (Wildman–Crippen LogP) is 5.26. The maximum atomic E-state index is 14.0. The summed E-state index contributed by atoms with van der Waals surface area (Å²) in [5.74, 6) is -0.760. The fraction of sp³-hybridized carbons (Fsp3) is 0.310. The average Bonchev–Trinajstić information content (AvgIpc) is 2.93. The van der Waals surface area contributed by atoms with Crippen LogP contribution in [-0.4, -0.2) is 43.8 Å². The molecule has 0 unspecified atom stereocenters. The lowest BCUT2D eigenvalue weighted by Gasteiger charge is -2.33. The second-order valence-corrected chi connectivity index (χ2v) is 11.3. The molecule has 0 saturated heterocycles. The molecule has 0 bridgehead atoms. The monoisotopic (exact) mass is 555 g/mol. The van der Waals surface area contributed by atoms with Gasteiger partial charge in [0, 0.05) is 17.6 Å². The van der Waals surface area contributed by atoms with Crippen molar-refractivity contribution in [2.75, 3.05) is 10.8 Å². The normalized spacial score (nSPS) is 12.8. The Hall–Kier alpha value is -3.36. The Bertz CT molecular complexity index is 1300. The number of nitrogens with zero attached hydrogens (tertiary/aromatic N) is 2. The summed E-state index contributed by atoms with van der Waals surface area (Å²) >= 11 is 6.06. The summed E-state index contributed by atoms with van der Waals surface area (Å²) in [6, 6.07) is 22.7. The zero-order chi connectivity index (χ0) is 27.7. The summed E-state index contributed by atoms with van der Waals surface area (Å²) in [5.41, 5.74) is 1.13. The van der Waals surface area contributed by atoms with Crippen LogP contribution in [0.25, 0.3) is 0 Å². The highest BCUT2D eigenvalue weighted by molar-refractivity contribution is 7.92. The van der Waals surface area contributed by atoms with Crippen LogP contribution in [0.5, 0.6) is 0 Å². The lowest BCUT2D eigenvalue weighted by atomic mass is 10.1. The lowest BCUT2D eigenvalue weighted by molar-refractivity contribution is -0.140. The number of rotatable bonds is 12. The van der Waals surface area contributed by atoms with Crippen LogP contribution in [-0.2, 0) is 26.2 Å². The fourth-order valence-electron chi connectivity index (χ4n) is 4.00. The summed E-state index contributed by atoms with van der Waals surface area (Å²) in [6.45, 7) is 5.38. The molecule has 9 heteroatoms. The van der Waals surface area contributed by atoms with Crippen molar-refractivity contribution in [3.63, 3.8) is 0 Å². The molecule has 0 aliphatic heterocycles. The molecular formula is C29H34ClN3O4S. The van der Waals surface area contributed by atoms with Gasteiger partial charge in [-0.3, -0.25) is 13.9 Å². The van der Waals surface area contributed by atoms with Gasteiger partial charge in [-0.1, -0.05) is 74.0 Å². The Labute approximate surface area is 230 Å². The van der Waals surface area contributed by atoms with Crippen LogP contribution >= 0.6 is 11.6 Å². The van der Waals surface area contributed by atoms with Gasteiger partial charge in [0.25, 0.3) is 10.0 Å². The van der Waals surface area contributed by atoms with E-state index in [0.29, 0.717) is 17.1 Å². The summed E-state index contributed by atoms with van der Waals surface area (Å²) in [4.78, 5) is 28.7. The molecule has 1 N–H and O–H groups in total. The van der Waals surface area contributed by atoms with E-state index >= 15 is 0 Å². The van der Waals surface area contributed by atoms with Crippen molar-refractivity contribution in [2.45, 2.75) is 57.1 Å². The van der Waals surface area contributed by atoms with E-state index < -0.39 is 28.5 Å². The fourth-order valence-corrected chi connectivity index (χ4v) is 5.56. The molecule has 0 aromatic heterocycles. The molecule has 0 fully saturated rings. The number of hydrogen-bond donors (Lipinski definition) is 1. The van der Waals surface area contributed by atoms with Crippen LogP contribution < -0.4 is 9.62 Å². The molecule has 2 amide bonds. The topological polar surface area (TPSA) is 86.8 Å². The van der Waals surface area contributed by atoms with Crippen molar-refractivity contribution in [3.05, 3.63) is 95.5 Å². The second kappa shape index (κ2) is 13.4. The molecule has 3 aromatic carbocycles. The van der Waals surface area contributed by atoms with Crippen LogP contribution in [0, 0.1) is 0 Å². The number of hydrogen-bond acceptors (Lipinski definition) is 4. The third-order valence-corrected chi connectivity index (χ3v) is 8.35. The highest BCUT2D eigenvalue weighted by Gasteiger charge is 2.33. The van der Waals surface area contributed by atoms with Crippen molar-refractivity contribution in [1.82, 2.24) is 10.2 Å². The summed E-state index contributed by atoms with van der Waals surface area (Å²) in [7, 11) is -4.10. The van der Waals surface area contributed by atoms with Gasteiger partial charge in [-0.2, -0.15) is 0 Å². The van der Waals surface area contributed by atoms with Crippen LogP contribution in [0.2, 0.25) is 5.02 Å². The SMILES string of the molecule is CC[C@@H](C)NC(=O)[C@@H](CC)N(Cc1ccccc1)C(=O)CN(c1ccc(Cl)cc1)S(=O)(=O)c1ccccc1. The largest absolute Gasteiger partial charge is 0.352 e. The molecule has 3 aromatic rings. The highest BCUT2D eigenvalue weighted by Crippen LogP contribution is 2.26. The number of sulfonamides is 1. The number of nitrogens with one attached hydrogen (secondary N) is 1. The van der Waals surface area contributed by atoms with Crippen LogP contribution in [0.1, 0.15) is 39.2 Å². The zero-order valence-corrected chi connectivity index (χ0v) is 23.5. The molecule has 38 heavy (non-hydrogen) atoms. The summed E-state index contributed by atoms with van der Waals surface area (Å²) in [6.07, 6.45) is 1.11. The summed E-state index contributed by atoms with van der Waals surface area (Å²) < 4.78 is 28.5. The first-order valence-corrected chi connectivity index (χ1v) is 14.5. The van der Waals surface area contributed by atoms with Crippen molar-refractivity contribution in [1.29, 1.82) is 0 Å². The Morgan fingerprint density at radius 1 is 0.868 bits per heavy atom. The maximum Gasteiger partial charge on any atom is 0.264 e. The zero-order valence-electron chi connectivity index (χ0n) is 21.9. The van der Waals surface area contributed by atoms with Gasteiger partial charge in [-0.05, 0) is 61.7 Å². The number of halogens is 1. The number of carbonyl (C=O) groups is 2. The Morgan fingerprint density at radius 3 is 2.00 bits per heavy atom. The Morgan fingerprint density at radius 2 is 1.45 bits per heavy atom. The molecular weight excluding hydrogens is 522 g/mol. The molecule has 0 aliphatic carbocycles. The quantitative estimate of drug-likeness (QED) is 0.330. The first-order valence-electron chi connectivity index (χ1n) is 12.6. The molecule has 202 valence electrons. The van der Waals surface area contributed by atoms with E-state index in [-0.39, 0.29) is 23.4 Å². The molecule has 0 spiro atoms. The standard InChI is InChI=1S/C29H34ClN3O4S/c1-4-22(3)31-29(35)27(5-2)32(20-23-12-8-6-9-13-23)28(34)21-33(25-18-16-24(30)17-19-25)38(36,37)26-14-10-7-11-15-26/h6-19,22,27H,4-5,20-21H2,1-3H3,(H,31,35)/t22-,27-/m1/s1. The minimum Gasteiger partial charge on any atom is -0.352 e. The molecule has 0 heterocycles. The van der Waals surface area contributed by atoms with E-state index in [9.17, 15) is 18.0 Å². The third-order valence-electron chi connectivity index (χ3n) is 6.31. The second-order valence-electron chi connectivity index (χ2n) is 9.05. The molecule has 2 atom stereocenters. The van der Waals surface area contributed by atoms with Gasteiger partial charge in [-0.15, -0.1) is 0 Å². The number of carbonyl (C=O) groups excluding carboxylic acids is 2. The number of anilines is 1. The van der Waals surface area contributed by atoms with Crippen molar-refractivity contribution in [3.8, 4) is 0 Å². The number of benzene rings is 3. The highest BCUT2D eigenvalue weighted by atomic mass is 35.5. The number of amides is 2. The van der Waals surface area contributed by atoms with Gasteiger partial charge >= 0.3 is 0 Å². The predicted molar refractivity (Wildman–Crippen MR) is 151 cm³/mol. The van der Waals surface area contributed by atoms with Crippen molar-refractivity contribution < 1.29 is 18.0 Å². The van der Waals surface area contributed by atoms with Gasteiger partial charge in [0.15, 0.2) is 0 Å². The maximum absolute atomic E-state index is 14.0. The van der Waals surface area contributed by atoms with Gasteiger partial charge in [0.2, 0.25) is 11.8 Å². The molecule has 3 rings (SSSR count). The average molecular weight is 556 g/mol.